The van der Waals surface area contributed by atoms with E-state index in [2.05, 4.69) is 5.32 Å². The van der Waals surface area contributed by atoms with E-state index in [1.807, 2.05) is 32.0 Å². The van der Waals surface area contributed by atoms with Crippen molar-refractivity contribution in [3.63, 3.8) is 0 Å². The normalized spacial score (nSPS) is 16.1. The maximum absolute atomic E-state index is 12.0. The molecular formula is C17H23NO3. The van der Waals surface area contributed by atoms with Crippen LogP contribution in [0.2, 0.25) is 0 Å². The highest BCUT2D eigenvalue weighted by Crippen LogP contribution is 2.43. The van der Waals surface area contributed by atoms with E-state index in [1.165, 1.54) is 11.1 Å². The summed E-state index contributed by atoms with van der Waals surface area (Å²) >= 11 is 0. The van der Waals surface area contributed by atoms with E-state index in [9.17, 15) is 9.59 Å². The van der Waals surface area contributed by atoms with Crippen LogP contribution in [0.15, 0.2) is 18.2 Å². The molecule has 0 radical (unpaired) electrons. The van der Waals surface area contributed by atoms with Gasteiger partial charge in [0.1, 0.15) is 0 Å². The van der Waals surface area contributed by atoms with Crippen molar-refractivity contribution in [3.8, 4) is 0 Å². The van der Waals surface area contributed by atoms with Gasteiger partial charge >= 0.3 is 5.97 Å². The second-order valence-electron chi connectivity index (χ2n) is 6.30. The predicted octanol–water partition coefficient (Wildman–Crippen LogP) is 2.61. The molecule has 0 unspecified atom stereocenters. The minimum atomic E-state index is -0.780. The van der Waals surface area contributed by atoms with E-state index in [4.69, 9.17) is 5.11 Å². The number of carboxylic acid groups (broad SMARTS) is 1. The van der Waals surface area contributed by atoms with Gasteiger partial charge in [-0.05, 0) is 48.8 Å². The first-order valence-corrected chi connectivity index (χ1v) is 7.45. The zero-order chi connectivity index (χ0) is 15.5. The van der Waals surface area contributed by atoms with Crippen LogP contribution >= 0.6 is 0 Å². The largest absolute Gasteiger partial charge is 0.481 e. The van der Waals surface area contributed by atoms with Gasteiger partial charge in [-0.25, -0.2) is 0 Å². The molecule has 0 atom stereocenters. The number of hydrogen-bond acceptors (Lipinski definition) is 2. The fourth-order valence-corrected chi connectivity index (χ4v) is 2.86. The van der Waals surface area contributed by atoms with Gasteiger partial charge in [0.05, 0.1) is 12.8 Å². The summed E-state index contributed by atoms with van der Waals surface area (Å²) in [6, 6.07) is 6.03. The molecule has 4 nitrogen and oxygen atoms in total. The highest BCUT2D eigenvalue weighted by molar-refractivity contribution is 5.78. The number of aliphatic carboxylic acids is 1. The summed E-state index contributed by atoms with van der Waals surface area (Å²) in [5.74, 6) is -0.812. The van der Waals surface area contributed by atoms with Crippen LogP contribution in [0.25, 0.3) is 0 Å². The lowest BCUT2D eigenvalue weighted by Crippen LogP contribution is -2.43. The molecule has 0 bridgehead atoms. The Labute approximate surface area is 125 Å². The highest BCUT2D eigenvalue weighted by Gasteiger charge is 2.39. The number of rotatable bonds is 6. The Morgan fingerprint density at radius 2 is 1.95 bits per heavy atom. The molecule has 1 saturated carbocycles. The van der Waals surface area contributed by atoms with Gasteiger partial charge in [0, 0.05) is 6.54 Å². The number of nitrogens with one attached hydrogen (secondary N) is 1. The Morgan fingerprint density at radius 3 is 2.48 bits per heavy atom. The van der Waals surface area contributed by atoms with Gasteiger partial charge in [-0.1, -0.05) is 24.6 Å². The van der Waals surface area contributed by atoms with Crippen LogP contribution in [-0.4, -0.2) is 23.5 Å². The molecular weight excluding hydrogens is 266 g/mol. The lowest BCUT2D eigenvalue weighted by molar-refractivity contribution is -0.141. The Bertz CT molecular complexity index is 547. The minimum absolute atomic E-state index is 0.0325. The third kappa shape index (κ3) is 4.06. The van der Waals surface area contributed by atoms with E-state index in [1.54, 1.807) is 0 Å². The van der Waals surface area contributed by atoms with Gasteiger partial charge in [-0.15, -0.1) is 0 Å². The van der Waals surface area contributed by atoms with E-state index in [0.717, 1.165) is 24.8 Å². The zero-order valence-electron chi connectivity index (χ0n) is 12.7. The SMILES string of the molecule is Cc1ccc(CC(=O)NCC2(CC(=O)O)CCC2)cc1C. The van der Waals surface area contributed by atoms with Crippen LogP contribution in [0.5, 0.6) is 0 Å². The first-order chi connectivity index (χ1) is 9.90. The average Bonchev–Trinajstić information content (AvgIpc) is 2.36. The van der Waals surface area contributed by atoms with Gasteiger partial charge in [0.2, 0.25) is 5.91 Å². The third-order valence-electron chi connectivity index (χ3n) is 4.54. The molecule has 1 aromatic rings. The van der Waals surface area contributed by atoms with Crippen molar-refractivity contribution in [2.24, 2.45) is 5.41 Å². The second-order valence-corrected chi connectivity index (χ2v) is 6.30. The topological polar surface area (TPSA) is 66.4 Å². The fourth-order valence-electron chi connectivity index (χ4n) is 2.86. The molecule has 1 fully saturated rings. The van der Waals surface area contributed by atoms with Crippen molar-refractivity contribution in [1.82, 2.24) is 5.32 Å². The first-order valence-electron chi connectivity index (χ1n) is 7.45. The molecule has 0 saturated heterocycles. The summed E-state index contributed by atoms with van der Waals surface area (Å²) in [5.41, 5.74) is 3.18. The van der Waals surface area contributed by atoms with Gasteiger partial charge < -0.3 is 10.4 Å². The number of aryl methyl sites for hydroxylation is 2. The summed E-state index contributed by atoms with van der Waals surface area (Å²) < 4.78 is 0. The standard InChI is InChI=1S/C17H23NO3/c1-12-4-5-14(8-13(12)2)9-15(19)18-11-17(6-3-7-17)10-16(20)21/h4-5,8H,3,6-7,9-11H2,1-2H3,(H,18,19)(H,20,21). The molecule has 4 heteroatoms. The molecule has 2 N–H and O–H groups in total. The molecule has 1 aromatic carbocycles. The van der Waals surface area contributed by atoms with Crippen molar-refractivity contribution in [3.05, 3.63) is 34.9 Å². The third-order valence-corrected chi connectivity index (χ3v) is 4.54. The van der Waals surface area contributed by atoms with Crippen LogP contribution in [0.3, 0.4) is 0 Å². The number of carbonyl (C=O) groups excluding carboxylic acids is 1. The summed E-state index contributed by atoms with van der Waals surface area (Å²) in [6.45, 7) is 4.56. The van der Waals surface area contributed by atoms with Gasteiger partial charge in [0.25, 0.3) is 0 Å². The summed E-state index contributed by atoms with van der Waals surface area (Å²) in [5, 5.41) is 11.9. The van der Waals surface area contributed by atoms with Crippen LogP contribution < -0.4 is 5.32 Å². The zero-order valence-corrected chi connectivity index (χ0v) is 12.7. The Balaban J connectivity index is 1.87. The second kappa shape index (κ2) is 6.29. The van der Waals surface area contributed by atoms with Crippen molar-refractivity contribution in [2.75, 3.05) is 6.54 Å². The Hall–Kier alpha value is -1.84. The summed E-state index contributed by atoms with van der Waals surface area (Å²) in [6.07, 6.45) is 3.34. The number of amides is 1. The monoisotopic (exact) mass is 289 g/mol. The van der Waals surface area contributed by atoms with Gasteiger partial charge in [-0.2, -0.15) is 0 Å². The molecule has 2 rings (SSSR count). The maximum Gasteiger partial charge on any atom is 0.303 e. The Kier molecular flexibility index (Phi) is 4.66. The summed E-state index contributed by atoms with van der Waals surface area (Å²) in [4.78, 5) is 22.9. The van der Waals surface area contributed by atoms with Gasteiger partial charge in [-0.3, -0.25) is 9.59 Å². The maximum atomic E-state index is 12.0. The highest BCUT2D eigenvalue weighted by atomic mass is 16.4. The van der Waals surface area contributed by atoms with Crippen LogP contribution in [0, 0.1) is 19.3 Å². The van der Waals surface area contributed by atoms with E-state index in [0.29, 0.717) is 13.0 Å². The quantitative estimate of drug-likeness (QED) is 0.846. The Morgan fingerprint density at radius 1 is 1.24 bits per heavy atom. The molecule has 1 aliphatic carbocycles. The molecule has 0 aromatic heterocycles. The lowest BCUT2D eigenvalue weighted by atomic mass is 9.66. The molecule has 0 spiro atoms. The van der Waals surface area contributed by atoms with Crippen molar-refractivity contribution >= 4 is 11.9 Å². The number of carbonyl (C=O) groups is 2. The van der Waals surface area contributed by atoms with Gasteiger partial charge in [0.15, 0.2) is 0 Å². The molecule has 0 aliphatic heterocycles. The fraction of sp³-hybridized carbons (Fsp3) is 0.529. The van der Waals surface area contributed by atoms with Crippen LogP contribution in [-0.2, 0) is 16.0 Å². The number of benzene rings is 1. The van der Waals surface area contributed by atoms with Crippen LogP contribution in [0.1, 0.15) is 42.4 Å². The minimum Gasteiger partial charge on any atom is -0.481 e. The van der Waals surface area contributed by atoms with E-state index >= 15 is 0 Å². The predicted molar refractivity (Wildman–Crippen MR) is 81.2 cm³/mol. The van der Waals surface area contributed by atoms with E-state index < -0.39 is 5.97 Å². The van der Waals surface area contributed by atoms with E-state index in [-0.39, 0.29) is 17.7 Å². The smallest absolute Gasteiger partial charge is 0.303 e. The average molecular weight is 289 g/mol. The number of carboxylic acids is 1. The molecule has 0 heterocycles. The molecule has 114 valence electrons. The lowest BCUT2D eigenvalue weighted by Gasteiger charge is -2.40. The molecule has 1 aliphatic rings. The van der Waals surface area contributed by atoms with Crippen LogP contribution in [0.4, 0.5) is 0 Å². The number of hydrogen-bond donors (Lipinski definition) is 2. The molecule has 21 heavy (non-hydrogen) atoms. The molecule has 1 amide bonds. The summed E-state index contributed by atoms with van der Waals surface area (Å²) in [7, 11) is 0. The first kappa shape index (κ1) is 15.5. The van der Waals surface area contributed by atoms with Crippen molar-refractivity contribution in [2.45, 2.75) is 46.0 Å². The van der Waals surface area contributed by atoms with Crippen molar-refractivity contribution < 1.29 is 14.7 Å². The van der Waals surface area contributed by atoms with Crippen molar-refractivity contribution in [1.29, 1.82) is 0 Å².